The van der Waals surface area contributed by atoms with Crippen molar-refractivity contribution in [1.82, 2.24) is 15.0 Å². The Hall–Kier alpha value is -3.96. The lowest BCUT2D eigenvalue weighted by molar-refractivity contribution is 0.0736. The summed E-state index contributed by atoms with van der Waals surface area (Å²) in [7, 11) is -2.59. The van der Waals surface area contributed by atoms with Crippen LogP contribution in [0.5, 0.6) is 0 Å². The fraction of sp³-hybridized carbons (Fsp3) is 0.360. The monoisotopic (exact) mass is 591 g/mol. The second-order valence-corrected chi connectivity index (χ2v) is 11.6. The first-order valence-corrected chi connectivity index (χ1v) is 13.6. The zero-order valence-electron chi connectivity index (χ0n) is 21.2. The molecule has 0 bridgehead atoms. The molecule has 4 heterocycles. The van der Waals surface area contributed by atoms with Gasteiger partial charge >= 0.3 is 10.2 Å². The number of pyridine rings is 1. The Morgan fingerprint density at radius 1 is 1.15 bits per heavy atom. The first-order chi connectivity index (χ1) is 18.6. The van der Waals surface area contributed by atoms with E-state index < -0.39 is 22.0 Å². The minimum atomic E-state index is -3.97. The van der Waals surface area contributed by atoms with E-state index in [9.17, 15) is 27.3 Å². The van der Waals surface area contributed by atoms with Crippen LogP contribution in [0.15, 0.2) is 47.2 Å². The van der Waals surface area contributed by atoms with E-state index in [0.29, 0.717) is 60.2 Å². The Labute approximate surface area is 235 Å². The van der Waals surface area contributed by atoms with E-state index in [1.54, 1.807) is 35.2 Å². The van der Waals surface area contributed by atoms with Gasteiger partial charge in [0.05, 0.1) is 22.6 Å². The molecule has 2 aliphatic heterocycles. The summed E-state index contributed by atoms with van der Waals surface area (Å²) in [4.78, 5) is 20.9. The maximum Gasteiger partial charge on any atom is 0.326 e. The van der Waals surface area contributed by atoms with Gasteiger partial charge in [0.2, 0.25) is 0 Å². The van der Waals surface area contributed by atoms with Crippen LogP contribution in [0.4, 0.5) is 26.0 Å². The maximum atomic E-state index is 13.5. The van der Waals surface area contributed by atoms with Crippen LogP contribution in [-0.4, -0.2) is 75.1 Å². The molecule has 1 atom stereocenters. The third kappa shape index (κ3) is 4.58. The van der Waals surface area contributed by atoms with Gasteiger partial charge in [0.15, 0.2) is 5.69 Å². The average Bonchev–Trinajstić information content (AvgIpc) is 3.24. The number of hydrogen-bond acceptors (Lipinski definition) is 8. The summed E-state index contributed by atoms with van der Waals surface area (Å²) in [5.74, 6) is -3.61. The van der Waals surface area contributed by atoms with Gasteiger partial charge in [-0.1, -0.05) is 11.2 Å². The molecule has 0 N–H and O–H groups in total. The van der Waals surface area contributed by atoms with Crippen molar-refractivity contribution in [3.05, 3.63) is 53.9 Å². The van der Waals surface area contributed by atoms with Crippen molar-refractivity contribution < 1.29 is 26.5 Å². The minimum absolute atomic E-state index is 0. The molecule has 2 aromatic heterocycles. The van der Waals surface area contributed by atoms with E-state index in [2.05, 4.69) is 11.2 Å². The molecule has 6 rings (SSSR count). The van der Waals surface area contributed by atoms with Crippen molar-refractivity contribution in [3.8, 4) is 17.3 Å². The predicted molar refractivity (Wildman–Crippen MR) is 144 cm³/mol. The van der Waals surface area contributed by atoms with Crippen LogP contribution in [0.1, 0.15) is 22.5 Å². The summed E-state index contributed by atoms with van der Waals surface area (Å²) in [6, 6.07) is 11.9. The molecule has 1 amide bonds. The molecular formula is C25H24ClF2N7O4S. The Balaban J connectivity index is 0.00000323. The fourth-order valence-electron chi connectivity index (χ4n) is 4.95. The molecule has 1 aliphatic carbocycles. The minimum Gasteiger partial charge on any atom is -0.364 e. The van der Waals surface area contributed by atoms with Gasteiger partial charge in [0.25, 0.3) is 11.8 Å². The van der Waals surface area contributed by atoms with E-state index in [1.165, 1.54) is 19.4 Å². The number of benzene rings is 1. The van der Waals surface area contributed by atoms with Crippen LogP contribution in [0.3, 0.4) is 0 Å². The molecule has 210 valence electrons. The van der Waals surface area contributed by atoms with E-state index in [1.807, 2.05) is 4.90 Å². The number of carbonyl (C=O) groups excluding carboxylic acids is 1. The fourth-order valence-corrected chi connectivity index (χ4v) is 6.41. The quantitative estimate of drug-likeness (QED) is 0.443. The third-order valence-electron chi connectivity index (χ3n) is 7.36. The Morgan fingerprint density at radius 2 is 1.88 bits per heavy atom. The van der Waals surface area contributed by atoms with Crippen LogP contribution in [-0.2, 0) is 10.2 Å². The third-order valence-corrected chi connectivity index (χ3v) is 9.16. The van der Waals surface area contributed by atoms with Crippen molar-refractivity contribution in [1.29, 1.82) is 5.26 Å². The summed E-state index contributed by atoms with van der Waals surface area (Å²) in [6.45, 7) is 1.41. The van der Waals surface area contributed by atoms with Gasteiger partial charge in [-0.15, -0.1) is 12.4 Å². The molecule has 1 unspecified atom stereocenters. The standard InChI is InChI=1S/C25H23F2N7O4S.ClH/c1-31-22-12-16(3-5-21(22)34(39(31,36)37)15-18-13-25(18,26)27)19-4-2-17(14-28)23(29-19)32-7-9-33(10-8-32)24(35)20-6-11-38-30-20;/h2-6,11-12,18H,7-10,13,15H2,1H3;1H. The normalized spacial score (nSPS) is 20.5. The molecule has 0 radical (unpaired) electrons. The highest BCUT2D eigenvalue weighted by Crippen LogP contribution is 2.51. The van der Waals surface area contributed by atoms with E-state index >= 15 is 0 Å². The second-order valence-electron chi connectivity index (χ2n) is 9.72. The molecular weight excluding hydrogens is 568 g/mol. The molecule has 1 saturated carbocycles. The number of nitriles is 1. The number of rotatable bonds is 5. The predicted octanol–water partition coefficient (Wildman–Crippen LogP) is 3.15. The number of nitrogens with zero attached hydrogens (tertiary/aromatic N) is 7. The lowest BCUT2D eigenvalue weighted by Crippen LogP contribution is -2.49. The molecule has 3 aromatic rings. The van der Waals surface area contributed by atoms with Crippen molar-refractivity contribution in [2.75, 3.05) is 53.3 Å². The molecule has 11 nitrogen and oxygen atoms in total. The van der Waals surface area contributed by atoms with E-state index in [4.69, 9.17) is 9.51 Å². The van der Waals surface area contributed by atoms with Gasteiger partial charge < -0.3 is 14.3 Å². The highest BCUT2D eigenvalue weighted by Gasteiger charge is 2.59. The first-order valence-electron chi connectivity index (χ1n) is 12.2. The highest BCUT2D eigenvalue weighted by atomic mass is 35.5. The maximum absolute atomic E-state index is 13.5. The number of alkyl halides is 2. The Morgan fingerprint density at radius 3 is 2.50 bits per heavy atom. The van der Waals surface area contributed by atoms with Gasteiger partial charge in [0.1, 0.15) is 18.2 Å². The summed E-state index contributed by atoms with van der Waals surface area (Å²) >= 11 is 0. The van der Waals surface area contributed by atoms with Crippen LogP contribution < -0.4 is 13.5 Å². The number of halogens is 3. The Kier molecular flexibility index (Phi) is 6.83. The summed E-state index contributed by atoms with van der Waals surface area (Å²) < 4.78 is 59.9. The molecule has 1 aromatic carbocycles. The zero-order valence-corrected chi connectivity index (χ0v) is 22.8. The molecule has 40 heavy (non-hydrogen) atoms. The van der Waals surface area contributed by atoms with Gasteiger partial charge in [-0.2, -0.15) is 13.7 Å². The smallest absolute Gasteiger partial charge is 0.326 e. The molecule has 1 saturated heterocycles. The van der Waals surface area contributed by atoms with Gasteiger partial charge in [-0.05, 0) is 24.3 Å². The van der Waals surface area contributed by atoms with E-state index in [0.717, 1.165) is 8.61 Å². The lowest BCUT2D eigenvalue weighted by Gasteiger charge is -2.35. The van der Waals surface area contributed by atoms with Crippen molar-refractivity contribution >= 4 is 45.7 Å². The number of carbonyl (C=O) groups is 1. The van der Waals surface area contributed by atoms with Crippen LogP contribution in [0.2, 0.25) is 0 Å². The number of amides is 1. The largest absolute Gasteiger partial charge is 0.364 e. The number of fused-ring (bicyclic) bond motifs is 1. The van der Waals surface area contributed by atoms with Crippen molar-refractivity contribution in [2.45, 2.75) is 12.3 Å². The molecule has 0 spiro atoms. The molecule has 3 aliphatic rings. The van der Waals surface area contributed by atoms with Crippen molar-refractivity contribution in [2.24, 2.45) is 5.92 Å². The van der Waals surface area contributed by atoms with Crippen LogP contribution in [0.25, 0.3) is 11.3 Å². The molecule has 15 heteroatoms. The summed E-state index contributed by atoms with van der Waals surface area (Å²) in [5, 5.41) is 13.4. The van der Waals surface area contributed by atoms with Crippen molar-refractivity contribution in [3.63, 3.8) is 0 Å². The second kappa shape index (κ2) is 9.90. The van der Waals surface area contributed by atoms with E-state index in [-0.39, 0.29) is 37.0 Å². The molecule has 2 fully saturated rings. The summed E-state index contributed by atoms with van der Waals surface area (Å²) in [6.07, 6.45) is 1.02. The lowest BCUT2D eigenvalue weighted by atomic mass is 10.1. The SMILES string of the molecule is CN1c2cc(-c3ccc(C#N)c(N4CCN(C(=O)c5ccon5)CC4)n3)ccc2N(CC2CC2(F)F)S1(=O)=O.Cl. The first kappa shape index (κ1) is 27.6. The number of piperazine rings is 1. The van der Waals surface area contributed by atoms with Gasteiger partial charge in [-0.3, -0.25) is 13.4 Å². The number of hydrogen-bond donors (Lipinski definition) is 0. The van der Waals surface area contributed by atoms with Gasteiger partial charge in [-0.25, -0.2) is 13.8 Å². The Bertz CT molecular complexity index is 1610. The number of anilines is 3. The van der Waals surface area contributed by atoms with Gasteiger partial charge in [0, 0.05) is 63.7 Å². The van der Waals surface area contributed by atoms with Crippen LogP contribution in [0, 0.1) is 17.2 Å². The average molecular weight is 592 g/mol. The number of aromatic nitrogens is 2. The zero-order chi connectivity index (χ0) is 27.5. The summed E-state index contributed by atoms with van der Waals surface area (Å²) in [5.41, 5.74) is 2.43. The topological polar surface area (TPSA) is 127 Å². The van der Waals surface area contributed by atoms with Crippen LogP contribution >= 0.6 is 12.4 Å². The highest BCUT2D eigenvalue weighted by molar-refractivity contribution is 7.94.